The van der Waals surface area contributed by atoms with Gasteiger partial charge in [-0.3, -0.25) is 0 Å². The summed E-state index contributed by atoms with van der Waals surface area (Å²) in [7, 11) is 2.14. The van der Waals surface area contributed by atoms with E-state index < -0.39 is 0 Å². The highest BCUT2D eigenvalue weighted by Crippen LogP contribution is 2.31. The molecule has 0 spiro atoms. The summed E-state index contributed by atoms with van der Waals surface area (Å²) < 4.78 is 0. The molecule has 1 fully saturated rings. The lowest BCUT2D eigenvalue weighted by molar-refractivity contribution is 0.190. The van der Waals surface area contributed by atoms with Gasteiger partial charge in [-0.1, -0.05) is 23.7 Å². The molecule has 0 aromatic heterocycles. The van der Waals surface area contributed by atoms with Gasteiger partial charge in [0.25, 0.3) is 0 Å². The Labute approximate surface area is 102 Å². The van der Waals surface area contributed by atoms with Gasteiger partial charge in [0.2, 0.25) is 0 Å². The van der Waals surface area contributed by atoms with Gasteiger partial charge in [0, 0.05) is 24.0 Å². The van der Waals surface area contributed by atoms with Crippen molar-refractivity contribution in [2.45, 2.75) is 18.8 Å². The van der Waals surface area contributed by atoms with Crippen LogP contribution in [0.4, 0.5) is 0 Å². The number of aryl methyl sites for hydroxylation is 1. The quantitative estimate of drug-likeness (QED) is 0.872. The standard InChI is InChI=1S/C13H19ClN2/c1-16-8-11(9-16)12-5-4-10(3-2-6-15)7-13(12)14/h4-5,7,11H,2-3,6,8-9,15H2,1H3. The Balaban J connectivity index is 2.05. The van der Waals surface area contributed by atoms with Crippen molar-refractivity contribution in [3.63, 3.8) is 0 Å². The maximum Gasteiger partial charge on any atom is 0.0444 e. The molecule has 0 radical (unpaired) electrons. The monoisotopic (exact) mass is 238 g/mol. The zero-order chi connectivity index (χ0) is 11.5. The van der Waals surface area contributed by atoms with E-state index in [2.05, 4.69) is 30.1 Å². The summed E-state index contributed by atoms with van der Waals surface area (Å²) in [5, 5.41) is 0.924. The highest BCUT2D eigenvalue weighted by Gasteiger charge is 2.26. The van der Waals surface area contributed by atoms with Crippen molar-refractivity contribution >= 4 is 11.6 Å². The summed E-state index contributed by atoms with van der Waals surface area (Å²) in [6.07, 6.45) is 2.06. The van der Waals surface area contributed by atoms with Crippen molar-refractivity contribution in [2.24, 2.45) is 5.73 Å². The van der Waals surface area contributed by atoms with Crippen molar-refractivity contribution in [3.05, 3.63) is 34.3 Å². The molecule has 0 atom stereocenters. The van der Waals surface area contributed by atoms with Crippen molar-refractivity contribution in [1.82, 2.24) is 4.90 Å². The number of rotatable bonds is 4. The number of halogens is 1. The third-order valence-corrected chi connectivity index (χ3v) is 3.57. The molecule has 2 N–H and O–H groups in total. The predicted octanol–water partition coefficient (Wildman–Crippen LogP) is 2.26. The van der Waals surface area contributed by atoms with E-state index in [9.17, 15) is 0 Å². The maximum absolute atomic E-state index is 6.31. The largest absolute Gasteiger partial charge is 0.330 e. The Morgan fingerprint density at radius 2 is 2.19 bits per heavy atom. The fourth-order valence-corrected chi connectivity index (χ4v) is 2.62. The molecule has 16 heavy (non-hydrogen) atoms. The molecule has 0 amide bonds. The molecular weight excluding hydrogens is 220 g/mol. The van der Waals surface area contributed by atoms with Gasteiger partial charge in [-0.05, 0) is 43.6 Å². The van der Waals surface area contributed by atoms with Gasteiger partial charge in [-0.25, -0.2) is 0 Å². The Hall–Kier alpha value is -0.570. The Bertz CT molecular complexity index is 359. The molecule has 2 nitrogen and oxygen atoms in total. The van der Waals surface area contributed by atoms with E-state index in [-0.39, 0.29) is 0 Å². The van der Waals surface area contributed by atoms with Crippen LogP contribution >= 0.6 is 11.6 Å². The lowest BCUT2D eigenvalue weighted by Crippen LogP contribution is -2.41. The fraction of sp³-hybridized carbons (Fsp3) is 0.538. The zero-order valence-corrected chi connectivity index (χ0v) is 10.5. The average Bonchev–Trinajstić information content (AvgIpc) is 2.23. The van der Waals surface area contributed by atoms with E-state index in [0.29, 0.717) is 5.92 Å². The Kier molecular flexibility index (Phi) is 3.85. The van der Waals surface area contributed by atoms with Crippen LogP contribution in [0.15, 0.2) is 18.2 Å². The van der Waals surface area contributed by atoms with E-state index in [1.807, 2.05) is 0 Å². The number of likely N-dealkylation sites (N-methyl/N-ethyl adjacent to an activating group) is 1. The smallest absolute Gasteiger partial charge is 0.0444 e. The number of nitrogens with two attached hydrogens (primary N) is 1. The summed E-state index contributed by atoms with van der Waals surface area (Å²) in [6.45, 7) is 3.00. The summed E-state index contributed by atoms with van der Waals surface area (Å²) in [5.74, 6) is 0.626. The number of likely N-dealkylation sites (tertiary alicyclic amines) is 1. The molecule has 1 saturated heterocycles. The second-order valence-corrected chi connectivity index (χ2v) is 5.07. The van der Waals surface area contributed by atoms with Crippen molar-refractivity contribution in [2.75, 3.05) is 26.7 Å². The predicted molar refractivity (Wildman–Crippen MR) is 69.1 cm³/mol. The molecule has 2 rings (SSSR count). The van der Waals surface area contributed by atoms with Crippen molar-refractivity contribution < 1.29 is 0 Å². The summed E-state index contributed by atoms with van der Waals surface area (Å²) in [5.41, 5.74) is 8.10. The van der Waals surface area contributed by atoms with Gasteiger partial charge in [-0.2, -0.15) is 0 Å². The van der Waals surface area contributed by atoms with Gasteiger partial charge >= 0.3 is 0 Å². The van der Waals surface area contributed by atoms with Crippen LogP contribution in [0.3, 0.4) is 0 Å². The molecule has 1 aliphatic heterocycles. The molecule has 0 bridgehead atoms. The third kappa shape index (κ3) is 2.57. The van der Waals surface area contributed by atoms with E-state index >= 15 is 0 Å². The van der Waals surface area contributed by atoms with Gasteiger partial charge < -0.3 is 10.6 Å². The van der Waals surface area contributed by atoms with Crippen LogP contribution in [-0.2, 0) is 6.42 Å². The van der Waals surface area contributed by atoms with Gasteiger partial charge in [-0.15, -0.1) is 0 Å². The number of hydrogen-bond donors (Lipinski definition) is 1. The molecule has 0 saturated carbocycles. The molecule has 1 aromatic carbocycles. The number of benzene rings is 1. The first-order valence-corrected chi connectivity index (χ1v) is 6.25. The second-order valence-electron chi connectivity index (χ2n) is 4.67. The van der Waals surface area contributed by atoms with E-state index in [0.717, 1.165) is 37.5 Å². The molecule has 1 aliphatic rings. The van der Waals surface area contributed by atoms with E-state index in [1.54, 1.807) is 0 Å². The lowest BCUT2D eigenvalue weighted by Gasteiger charge is -2.37. The minimum absolute atomic E-state index is 0.626. The first-order valence-electron chi connectivity index (χ1n) is 5.87. The molecule has 0 aliphatic carbocycles. The topological polar surface area (TPSA) is 29.3 Å². The molecular formula is C13H19ClN2. The van der Waals surface area contributed by atoms with Crippen LogP contribution in [0.25, 0.3) is 0 Å². The highest BCUT2D eigenvalue weighted by atomic mass is 35.5. The van der Waals surface area contributed by atoms with Crippen LogP contribution in [0.5, 0.6) is 0 Å². The molecule has 88 valence electrons. The Morgan fingerprint density at radius 3 is 2.75 bits per heavy atom. The molecule has 1 heterocycles. The summed E-state index contributed by atoms with van der Waals surface area (Å²) in [4.78, 5) is 2.31. The van der Waals surface area contributed by atoms with Gasteiger partial charge in [0.15, 0.2) is 0 Å². The highest BCUT2D eigenvalue weighted by molar-refractivity contribution is 6.31. The fourth-order valence-electron chi connectivity index (χ4n) is 2.26. The minimum Gasteiger partial charge on any atom is -0.330 e. The maximum atomic E-state index is 6.31. The first-order chi connectivity index (χ1) is 7.70. The van der Waals surface area contributed by atoms with Gasteiger partial charge in [0.05, 0.1) is 0 Å². The van der Waals surface area contributed by atoms with Crippen LogP contribution < -0.4 is 5.73 Å². The SMILES string of the molecule is CN1CC(c2ccc(CCCN)cc2Cl)C1. The first kappa shape index (κ1) is 11.9. The third-order valence-electron chi connectivity index (χ3n) is 3.24. The molecule has 0 unspecified atom stereocenters. The Morgan fingerprint density at radius 1 is 1.44 bits per heavy atom. The summed E-state index contributed by atoms with van der Waals surface area (Å²) in [6, 6.07) is 6.48. The van der Waals surface area contributed by atoms with Gasteiger partial charge in [0.1, 0.15) is 0 Å². The summed E-state index contributed by atoms with van der Waals surface area (Å²) >= 11 is 6.31. The van der Waals surface area contributed by atoms with E-state index in [4.69, 9.17) is 17.3 Å². The number of hydrogen-bond acceptors (Lipinski definition) is 2. The van der Waals surface area contributed by atoms with Crippen molar-refractivity contribution in [3.8, 4) is 0 Å². The van der Waals surface area contributed by atoms with Crippen LogP contribution in [0, 0.1) is 0 Å². The molecule has 3 heteroatoms. The normalized spacial score (nSPS) is 17.4. The average molecular weight is 239 g/mol. The second kappa shape index (κ2) is 5.17. The number of nitrogens with zero attached hydrogens (tertiary/aromatic N) is 1. The van der Waals surface area contributed by atoms with E-state index in [1.165, 1.54) is 11.1 Å². The van der Waals surface area contributed by atoms with Crippen LogP contribution in [0.2, 0.25) is 5.02 Å². The lowest BCUT2D eigenvalue weighted by atomic mass is 9.91. The zero-order valence-electron chi connectivity index (χ0n) is 9.75. The van der Waals surface area contributed by atoms with Crippen LogP contribution in [-0.4, -0.2) is 31.6 Å². The minimum atomic E-state index is 0.626. The van der Waals surface area contributed by atoms with Crippen molar-refractivity contribution in [1.29, 1.82) is 0 Å². The van der Waals surface area contributed by atoms with Crippen LogP contribution in [0.1, 0.15) is 23.5 Å². The molecule has 1 aromatic rings.